The van der Waals surface area contributed by atoms with Gasteiger partial charge < -0.3 is 20.2 Å². The molecule has 1 aliphatic heterocycles. The van der Waals surface area contributed by atoms with Crippen LogP contribution in [0.15, 0.2) is 33.9 Å². The number of halogens is 1. The molecule has 3 N–H and O–H groups in total. The Bertz CT molecular complexity index is 643. The summed E-state index contributed by atoms with van der Waals surface area (Å²) in [7, 11) is 0. The monoisotopic (exact) mass is 349 g/mol. The summed E-state index contributed by atoms with van der Waals surface area (Å²) in [6.07, 6.45) is 0.632. The van der Waals surface area contributed by atoms with Gasteiger partial charge in [0, 0.05) is 18.7 Å². The topological polar surface area (TPSA) is 63.9 Å². The molecule has 1 saturated heterocycles. The summed E-state index contributed by atoms with van der Waals surface area (Å²) in [6, 6.07) is 5.20. The fraction of sp³-hybridized carbons (Fsp3) is 0.375. The Hall–Kier alpha value is -1.48. The van der Waals surface area contributed by atoms with Crippen molar-refractivity contribution in [2.75, 3.05) is 13.1 Å². The number of phenols is 1. The van der Waals surface area contributed by atoms with Crippen molar-refractivity contribution in [3.05, 3.63) is 39.5 Å². The van der Waals surface area contributed by atoms with Crippen molar-refractivity contribution in [1.82, 2.24) is 4.90 Å². The van der Waals surface area contributed by atoms with Crippen molar-refractivity contribution in [3.8, 4) is 17.6 Å². The minimum Gasteiger partial charge on any atom is -0.507 e. The molecule has 2 aliphatic rings. The van der Waals surface area contributed by atoms with Gasteiger partial charge in [-0.3, -0.25) is 0 Å². The number of aliphatic hydroxyl groups excluding tert-OH is 2. The number of likely N-dealkylation sites (tertiary alicyclic amines) is 1. The average molecular weight is 350 g/mol. The van der Waals surface area contributed by atoms with Crippen LogP contribution in [0.3, 0.4) is 0 Å². The summed E-state index contributed by atoms with van der Waals surface area (Å²) < 4.78 is 0.639. The van der Waals surface area contributed by atoms with E-state index in [1.807, 2.05) is 11.0 Å². The zero-order valence-corrected chi connectivity index (χ0v) is 13.0. The molecular formula is C16H16BrNO3. The van der Waals surface area contributed by atoms with Gasteiger partial charge in [-0.25, -0.2) is 0 Å². The van der Waals surface area contributed by atoms with Crippen molar-refractivity contribution in [3.63, 3.8) is 0 Å². The molecule has 0 amide bonds. The number of hydrogen-bond acceptors (Lipinski definition) is 4. The smallest absolute Gasteiger partial charge is 0.130 e. The van der Waals surface area contributed by atoms with Crippen LogP contribution in [0.25, 0.3) is 0 Å². The number of phenolic OH excluding ortho intramolecular Hbond substituents is 1. The maximum absolute atomic E-state index is 9.67. The number of hydrogen-bond donors (Lipinski definition) is 3. The van der Waals surface area contributed by atoms with Crippen LogP contribution in [0.5, 0.6) is 5.75 Å². The highest BCUT2D eigenvalue weighted by molar-refractivity contribution is 9.10. The summed E-state index contributed by atoms with van der Waals surface area (Å²) in [5.74, 6) is 6.34. The lowest BCUT2D eigenvalue weighted by Gasteiger charge is -2.16. The van der Waals surface area contributed by atoms with Crippen LogP contribution in [0.4, 0.5) is 0 Å². The molecule has 110 valence electrons. The van der Waals surface area contributed by atoms with E-state index in [-0.39, 0.29) is 5.75 Å². The largest absolute Gasteiger partial charge is 0.507 e. The van der Waals surface area contributed by atoms with Crippen LogP contribution in [0.1, 0.15) is 18.4 Å². The molecule has 1 heterocycles. The second-order valence-corrected chi connectivity index (χ2v) is 6.26. The number of allylic oxidation sites excluding steroid dienone is 2. The second-order valence-electron chi connectivity index (χ2n) is 5.41. The zero-order chi connectivity index (χ0) is 15.0. The lowest BCUT2D eigenvalue weighted by Crippen LogP contribution is -2.22. The third kappa shape index (κ3) is 3.24. The van der Waals surface area contributed by atoms with Gasteiger partial charge in [0.2, 0.25) is 0 Å². The standard InChI is InChI=1S/C16H16BrNO3/c17-12-5-1-10(7-14(12)19)2-6-13(11-3-4-11)18-8-15(20)16(21)9-18/h1,5,7,15-16,19-21H,3-4,8-9H2/t15-,16+. The Labute approximate surface area is 131 Å². The summed E-state index contributed by atoms with van der Waals surface area (Å²) >= 11 is 3.24. The predicted molar refractivity (Wildman–Crippen MR) is 82.5 cm³/mol. The van der Waals surface area contributed by atoms with Gasteiger partial charge in [0.25, 0.3) is 0 Å². The van der Waals surface area contributed by atoms with Crippen LogP contribution in [-0.2, 0) is 0 Å². The highest BCUT2D eigenvalue weighted by Crippen LogP contribution is 2.34. The Morgan fingerprint density at radius 3 is 2.43 bits per heavy atom. The van der Waals surface area contributed by atoms with E-state index in [9.17, 15) is 15.3 Å². The minimum absolute atomic E-state index is 0.162. The Morgan fingerprint density at radius 2 is 1.86 bits per heavy atom. The molecule has 4 nitrogen and oxygen atoms in total. The average Bonchev–Trinajstić information content (AvgIpc) is 3.22. The summed E-state index contributed by atoms with van der Waals surface area (Å²) in [4.78, 5) is 1.95. The van der Waals surface area contributed by atoms with E-state index in [1.165, 1.54) is 5.57 Å². The number of aromatic hydroxyl groups is 1. The normalized spacial score (nSPS) is 23.8. The molecule has 0 spiro atoms. The van der Waals surface area contributed by atoms with Crippen LogP contribution in [0.2, 0.25) is 0 Å². The van der Waals surface area contributed by atoms with Crippen molar-refractivity contribution >= 4 is 15.9 Å². The summed E-state index contributed by atoms with van der Waals surface area (Å²) in [6.45, 7) is 0.834. The van der Waals surface area contributed by atoms with Gasteiger partial charge in [-0.05, 0) is 58.5 Å². The van der Waals surface area contributed by atoms with Crippen molar-refractivity contribution in [2.45, 2.75) is 25.0 Å². The Morgan fingerprint density at radius 1 is 1.19 bits per heavy atom. The number of β-amino-alcohol motifs (C(OH)–C–C–N with tert-alkyl or cyclic N) is 2. The molecule has 2 fully saturated rings. The maximum atomic E-state index is 9.67. The maximum Gasteiger partial charge on any atom is 0.130 e. The SMILES string of the molecule is Oc1cc(C#CC(=C2CC2)N2C[C@@H](O)[C@@H](O)C2)ccc1Br. The Kier molecular flexibility index (Phi) is 3.94. The first-order chi connectivity index (χ1) is 10.0. The van der Waals surface area contributed by atoms with E-state index in [4.69, 9.17) is 0 Å². The molecule has 3 rings (SSSR count). The third-order valence-corrected chi connectivity index (χ3v) is 4.35. The summed E-state index contributed by atoms with van der Waals surface area (Å²) in [5, 5.41) is 29.0. The number of aliphatic hydroxyl groups is 2. The zero-order valence-electron chi connectivity index (χ0n) is 11.4. The first-order valence-corrected chi connectivity index (χ1v) is 7.67. The molecule has 0 unspecified atom stereocenters. The van der Waals surface area contributed by atoms with Crippen molar-refractivity contribution in [1.29, 1.82) is 0 Å². The molecule has 0 bridgehead atoms. The van der Waals surface area contributed by atoms with E-state index < -0.39 is 12.2 Å². The molecule has 0 aromatic heterocycles. The third-order valence-electron chi connectivity index (χ3n) is 3.68. The van der Waals surface area contributed by atoms with Gasteiger partial charge in [0.1, 0.15) is 5.75 Å². The first kappa shape index (κ1) is 14.5. The van der Waals surface area contributed by atoms with Gasteiger partial charge in [0.15, 0.2) is 0 Å². The fourth-order valence-electron chi connectivity index (χ4n) is 2.36. The highest BCUT2D eigenvalue weighted by Gasteiger charge is 2.32. The first-order valence-electron chi connectivity index (χ1n) is 6.88. The van der Waals surface area contributed by atoms with Gasteiger partial charge >= 0.3 is 0 Å². The van der Waals surface area contributed by atoms with Gasteiger partial charge in [-0.15, -0.1) is 0 Å². The van der Waals surface area contributed by atoms with Crippen LogP contribution in [-0.4, -0.2) is 45.5 Å². The molecule has 5 heteroatoms. The highest BCUT2D eigenvalue weighted by atomic mass is 79.9. The van der Waals surface area contributed by atoms with Crippen LogP contribution >= 0.6 is 15.9 Å². The lowest BCUT2D eigenvalue weighted by molar-refractivity contribution is 0.0572. The van der Waals surface area contributed by atoms with Gasteiger partial charge in [0.05, 0.1) is 22.4 Å². The minimum atomic E-state index is -0.710. The van der Waals surface area contributed by atoms with Crippen LogP contribution < -0.4 is 0 Å². The number of benzene rings is 1. The summed E-state index contributed by atoms with van der Waals surface area (Å²) in [5.41, 5.74) is 2.91. The molecule has 1 aromatic rings. The van der Waals surface area contributed by atoms with Gasteiger partial charge in [-0.2, -0.15) is 0 Å². The Balaban J connectivity index is 1.83. The van der Waals surface area contributed by atoms with E-state index in [0.29, 0.717) is 17.6 Å². The fourth-order valence-corrected chi connectivity index (χ4v) is 2.61. The van der Waals surface area contributed by atoms with Gasteiger partial charge in [-0.1, -0.05) is 5.92 Å². The predicted octanol–water partition coefficient (Wildman–Crippen LogP) is 1.59. The molecule has 21 heavy (non-hydrogen) atoms. The van der Waals surface area contributed by atoms with Crippen molar-refractivity contribution in [2.24, 2.45) is 0 Å². The quantitative estimate of drug-likeness (QED) is 0.673. The number of nitrogens with zero attached hydrogens (tertiary/aromatic N) is 1. The molecule has 2 atom stereocenters. The van der Waals surface area contributed by atoms with E-state index in [1.54, 1.807) is 12.1 Å². The second kappa shape index (κ2) is 5.72. The van der Waals surface area contributed by atoms with E-state index in [2.05, 4.69) is 27.8 Å². The molecule has 1 aliphatic carbocycles. The molecule has 1 aromatic carbocycles. The van der Waals surface area contributed by atoms with E-state index in [0.717, 1.165) is 24.1 Å². The number of rotatable bonds is 1. The lowest BCUT2D eigenvalue weighted by atomic mass is 10.2. The molecule has 1 saturated carbocycles. The van der Waals surface area contributed by atoms with Crippen molar-refractivity contribution < 1.29 is 15.3 Å². The van der Waals surface area contributed by atoms with Crippen LogP contribution in [0, 0.1) is 11.8 Å². The van der Waals surface area contributed by atoms with E-state index >= 15 is 0 Å². The molecular weight excluding hydrogens is 334 g/mol. The molecule has 0 radical (unpaired) electrons.